The number of nitrogens with zero attached hydrogens (tertiary/aromatic N) is 3. The molecule has 2 aliphatic rings. The normalized spacial score (nSPS) is 17.6. The fourth-order valence-electron chi connectivity index (χ4n) is 5.16. The lowest BCUT2D eigenvalue weighted by molar-refractivity contribution is -0.0210. The highest BCUT2D eigenvalue weighted by Crippen LogP contribution is 2.41. The Morgan fingerprint density at radius 2 is 1.81 bits per heavy atom. The van der Waals surface area contributed by atoms with Crippen LogP contribution in [0.3, 0.4) is 0 Å². The fourth-order valence-corrected chi connectivity index (χ4v) is 5.16. The second-order valence-corrected chi connectivity index (χ2v) is 9.27. The van der Waals surface area contributed by atoms with E-state index in [2.05, 4.69) is 4.98 Å². The number of hydrogen-bond acceptors (Lipinski definition) is 6. The van der Waals surface area contributed by atoms with Crippen LogP contribution >= 0.6 is 0 Å². The van der Waals surface area contributed by atoms with Crippen LogP contribution in [0, 0.1) is 28.7 Å². The number of nitrogen functional groups attached to an aromatic ring is 1. The molecule has 190 valence electrons. The summed E-state index contributed by atoms with van der Waals surface area (Å²) in [7, 11) is 0. The molecular formula is C24H22F4N4O4. The number of hydrogen-bond donors (Lipinski definition) is 2. The van der Waals surface area contributed by atoms with E-state index in [9.17, 15) is 23.5 Å². The van der Waals surface area contributed by atoms with Gasteiger partial charge >= 0.3 is 5.97 Å². The van der Waals surface area contributed by atoms with Crippen molar-refractivity contribution in [2.24, 2.45) is 5.41 Å². The van der Waals surface area contributed by atoms with Gasteiger partial charge in [0, 0.05) is 32.0 Å². The van der Waals surface area contributed by atoms with Crippen LogP contribution in [-0.2, 0) is 4.74 Å². The zero-order chi connectivity index (χ0) is 25.8. The molecule has 2 saturated heterocycles. The van der Waals surface area contributed by atoms with Crippen LogP contribution in [-0.4, -0.2) is 46.9 Å². The second kappa shape index (κ2) is 8.77. The van der Waals surface area contributed by atoms with Crippen molar-refractivity contribution in [3.8, 4) is 5.82 Å². The zero-order valence-electron chi connectivity index (χ0n) is 19.0. The van der Waals surface area contributed by atoms with Crippen LogP contribution in [0.5, 0.6) is 0 Å². The van der Waals surface area contributed by atoms with Gasteiger partial charge in [-0.05, 0) is 37.2 Å². The van der Waals surface area contributed by atoms with Gasteiger partial charge in [0.2, 0.25) is 5.43 Å². The van der Waals surface area contributed by atoms with Gasteiger partial charge in [0.1, 0.15) is 17.1 Å². The second-order valence-electron chi connectivity index (χ2n) is 9.27. The third-order valence-corrected chi connectivity index (χ3v) is 7.10. The van der Waals surface area contributed by atoms with Gasteiger partial charge in [0.25, 0.3) is 0 Å². The average molecular weight is 506 g/mol. The van der Waals surface area contributed by atoms with E-state index < -0.39 is 68.5 Å². The third-order valence-electron chi connectivity index (χ3n) is 7.10. The predicted molar refractivity (Wildman–Crippen MR) is 122 cm³/mol. The molecule has 8 nitrogen and oxygen atoms in total. The lowest BCUT2D eigenvalue weighted by Crippen LogP contribution is -2.44. The number of carbonyl (C=O) groups is 1. The van der Waals surface area contributed by atoms with Gasteiger partial charge in [-0.3, -0.25) is 9.36 Å². The molecule has 1 spiro atoms. The van der Waals surface area contributed by atoms with Gasteiger partial charge in [-0.1, -0.05) is 0 Å². The third kappa shape index (κ3) is 3.85. The predicted octanol–water partition coefficient (Wildman–Crippen LogP) is 3.62. The summed E-state index contributed by atoms with van der Waals surface area (Å²) in [5, 5.41) is 8.83. The number of anilines is 2. The van der Waals surface area contributed by atoms with Crippen LogP contribution in [0.4, 0.5) is 29.1 Å². The minimum Gasteiger partial charge on any atom is -0.477 e. The molecule has 12 heteroatoms. The number of pyridine rings is 2. The van der Waals surface area contributed by atoms with Gasteiger partial charge < -0.3 is 20.5 Å². The molecular weight excluding hydrogens is 484 g/mol. The van der Waals surface area contributed by atoms with Crippen molar-refractivity contribution in [1.82, 2.24) is 9.55 Å². The van der Waals surface area contributed by atoms with E-state index in [-0.39, 0.29) is 5.41 Å². The van der Waals surface area contributed by atoms with Crippen LogP contribution in [0.15, 0.2) is 23.1 Å². The number of aromatic carboxylic acids is 1. The summed E-state index contributed by atoms with van der Waals surface area (Å²) in [6.45, 7) is 1.90. The Kier molecular flexibility index (Phi) is 5.86. The Bertz CT molecular complexity index is 1440. The number of fused-ring (bicyclic) bond motifs is 1. The Morgan fingerprint density at radius 1 is 1.08 bits per heavy atom. The summed E-state index contributed by atoms with van der Waals surface area (Å²) in [6, 6.07) is 1.14. The first-order chi connectivity index (χ1) is 17.1. The molecule has 0 aliphatic carbocycles. The molecule has 5 rings (SSSR count). The first kappa shape index (κ1) is 24.0. The number of carboxylic acids is 1. The summed E-state index contributed by atoms with van der Waals surface area (Å²) in [5.74, 6) is -7.89. The topological polar surface area (TPSA) is 111 Å². The van der Waals surface area contributed by atoms with E-state index >= 15 is 8.78 Å². The minimum absolute atomic E-state index is 0.0598. The largest absolute Gasteiger partial charge is 0.477 e. The highest BCUT2D eigenvalue weighted by atomic mass is 19.1. The number of halogens is 4. The maximum atomic E-state index is 16.0. The molecule has 0 atom stereocenters. The maximum Gasteiger partial charge on any atom is 0.341 e. The molecule has 4 heterocycles. The van der Waals surface area contributed by atoms with E-state index in [1.165, 1.54) is 4.90 Å². The summed E-state index contributed by atoms with van der Waals surface area (Å²) >= 11 is 0. The number of ether oxygens (including phenoxy) is 1. The Balaban J connectivity index is 1.70. The van der Waals surface area contributed by atoms with Gasteiger partial charge in [0.05, 0.1) is 17.5 Å². The number of nitrogens with two attached hydrogens (primary N) is 1. The average Bonchev–Trinajstić information content (AvgIpc) is 2.84. The molecule has 0 radical (unpaired) electrons. The smallest absolute Gasteiger partial charge is 0.341 e. The van der Waals surface area contributed by atoms with Gasteiger partial charge in [0.15, 0.2) is 29.1 Å². The minimum atomic E-state index is -1.70. The van der Waals surface area contributed by atoms with Crippen LogP contribution < -0.4 is 16.1 Å². The van der Waals surface area contributed by atoms with Crippen molar-refractivity contribution in [1.29, 1.82) is 0 Å². The van der Waals surface area contributed by atoms with E-state index in [1.54, 1.807) is 0 Å². The number of piperidine rings is 1. The molecule has 0 bridgehead atoms. The quantitative estimate of drug-likeness (QED) is 0.522. The number of aromatic nitrogens is 2. The molecule has 36 heavy (non-hydrogen) atoms. The van der Waals surface area contributed by atoms with Crippen molar-refractivity contribution < 1.29 is 32.2 Å². The molecule has 2 aromatic heterocycles. The summed E-state index contributed by atoms with van der Waals surface area (Å²) in [4.78, 5) is 29.6. The highest BCUT2D eigenvalue weighted by molar-refractivity contribution is 5.94. The summed E-state index contributed by atoms with van der Waals surface area (Å²) in [5.41, 5.74) is 2.33. The van der Waals surface area contributed by atoms with Crippen LogP contribution in [0.2, 0.25) is 0 Å². The van der Waals surface area contributed by atoms with E-state index in [1.807, 2.05) is 0 Å². The van der Waals surface area contributed by atoms with Gasteiger partial charge in [-0.15, -0.1) is 0 Å². The van der Waals surface area contributed by atoms with Gasteiger partial charge in [-0.25, -0.2) is 27.3 Å². The first-order valence-corrected chi connectivity index (χ1v) is 11.4. The number of carboxylic acid groups (broad SMARTS) is 1. The highest BCUT2D eigenvalue weighted by Gasteiger charge is 2.38. The Morgan fingerprint density at radius 3 is 2.44 bits per heavy atom. The van der Waals surface area contributed by atoms with Crippen molar-refractivity contribution in [3.05, 3.63) is 57.4 Å². The summed E-state index contributed by atoms with van der Waals surface area (Å²) < 4.78 is 66.1. The summed E-state index contributed by atoms with van der Waals surface area (Å²) in [6.07, 6.45) is 3.82. The van der Waals surface area contributed by atoms with Crippen molar-refractivity contribution in [2.75, 3.05) is 36.9 Å². The molecule has 0 unspecified atom stereocenters. The van der Waals surface area contributed by atoms with E-state index in [0.717, 1.165) is 18.9 Å². The molecule has 0 amide bonds. The van der Waals surface area contributed by atoms with E-state index in [4.69, 9.17) is 10.5 Å². The van der Waals surface area contributed by atoms with Crippen LogP contribution in [0.1, 0.15) is 36.0 Å². The molecule has 0 saturated carbocycles. The number of benzene rings is 1. The Hall–Kier alpha value is -3.67. The molecule has 3 aromatic rings. The SMILES string of the molecule is Nc1nc(-n2cc(C(=O)O)c(=O)c3cc(F)c(N4CCC5(CCCOC5)CC4)c(F)c32)c(F)cc1F. The molecule has 1 aromatic carbocycles. The van der Waals surface area contributed by atoms with Crippen molar-refractivity contribution in [2.45, 2.75) is 25.7 Å². The first-order valence-electron chi connectivity index (χ1n) is 11.4. The fraction of sp³-hybridized carbons (Fsp3) is 0.375. The Labute approximate surface area is 201 Å². The van der Waals surface area contributed by atoms with Crippen molar-refractivity contribution >= 4 is 28.4 Å². The monoisotopic (exact) mass is 506 g/mol. The molecule has 3 N–H and O–H groups in total. The van der Waals surface area contributed by atoms with Crippen LogP contribution in [0.25, 0.3) is 16.7 Å². The maximum absolute atomic E-state index is 16.0. The van der Waals surface area contributed by atoms with Gasteiger partial charge in [-0.2, -0.15) is 0 Å². The number of rotatable bonds is 3. The zero-order valence-corrected chi connectivity index (χ0v) is 19.0. The standard InChI is InChI=1S/C24H22F4N4O4/c25-14-8-12-18(17(28)19(14)31-5-3-24(4-6-31)2-1-7-36-11-24)32(10-13(20(12)33)23(34)35)22-16(27)9-15(26)21(29)30-22/h8-10H,1-7,11H2,(H2,29,30)(H,34,35). The lowest BCUT2D eigenvalue weighted by atomic mass is 9.74. The lowest BCUT2D eigenvalue weighted by Gasteiger charge is -2.44. The van der Waals surface area contributed by atoms with Crippen molar-refractivity contribution in [3.63, 3.8) is 0 Å². The molecule has 2 aliphatic heterocycles. The molecule has 2 fully saturated rings. The van der Waals surface area contributed by atoms with E-state index in [0.29, 0.717) is 56.0 Å².